The molecule has 2 aromatic heterocycles. The minimum atomic E-state index is 0.643. The summed E-state index contributed by atoms with van der Waals surface area (Å²) in [6.45, 7) is 5.29. The minimum absolute atomic E-state index is 0.643. The fraction of sp³-hybridized carbons (Fsp3) is 0.400. The molecule has 4 nitrogen and oxygen atoms in total. The van der Waals surface area contributed by atoms with Gasteiger partial charge in [-0.1, -0.05) is 0 Å². The van der Waals surface area contributed by atoms with E-state index in [2.05, 4.69) is 20.7 Å². The highest BCUT2D eigenvalue weighted by Crippen LogP contribution is 2.07. The summed E-state index contributed by atoms with van der Waals surface area (Å²) in [5.41, 5.74) is 1.07. The van der Waals surface area contributed by atoms with Gasteiger partial charge in [0.25, 0.3) is 0 Å². The quantitative estimate of drug-likeness (QED) is 0.861. The molecule has 5 heteroatoms. The van der Waals surface area contributed by atoms with Crippen molar-refractivity contribution in [3.63, 3.8) is 0 Å². The molecule has 0 aliphatic heterocycles. The van der Waals surface area contributed by atoms with E-state index in [1.165, 1.54) is 0 Å². The average Bonchev–Trinajstić information content (AvgIpc) is 2.76. The number of nitrogens with zero attached hydrogens (tertiary/aromatic N) is 2. The SMILES string of the molecule is Cc1cnc(CNCc2csc(C)n2)o1. The van der Waals surface area contributed by atoms with E-state index < -0.39 is 0 Å². The second-order valence-electron chi connectivity index (χ2n) is 3.33. The van der Waals surface area contributed by atoms with E-state index in [0.717, 1.165) is 28.9 Å². The lowest BCUT2D eigenvalue weighted by molar-refractivity contribution is 0.448. The fourth-order valence-electron chi connectivity index (χ4n) is 1.27. The van der Waals surface area contributed by atoms with E-state index in [9.17, 15) is 0 Å². The van der Waals surface area contributed by atoms with Crippen molar-refractivity contribution in [3.8, 4) is 0 Å². The molecular weight excluding hydrogens is 210 g/mol. The number of oxazole rings is 1. The van der Waals surface area contributed by atoms with Crippen LogP contribution in [0.5, 0.6) is 0 Å². The van der Waals surface area contributed by atoms with E-state index in [1.54, 1.807) is 17.5 Å². The number of aromatic nitrogens is 2. The van der Waals surface area contributed by atoms with Crippen molar-refractivity contribution in [1.82, 2.24) is 15.3 Å². The van der Waals surface area contributed by atoms with Crippen molar-refractivity contribution >= 4 is 11.3 Å². The summed E-state index contributed by atoms with van der Waals surface area (Å²) in [4.78, 5) is 8.46. The molecule has 2 heterocycles. The summed E-state index contributed by atoms with van der Waals surface area (Å²) in [7, 11) is 0. The van der Waals surface area contributed by atoms with Crippen LogP contribution in [0.1, 0.15) is 22.4 Å². The largest absolute Gasteiger partial charge is 0.445 e. The van der Waals surface area contributed by atoms with Gasteiger partial charge in [-0.05, 0) is 13.8 Å². The molecule has 1 N–H and O–H groups in total. The fourth-order valence-corrected chi connectivity index (χ4v) is 1.88. The topological polar surface area (TPSA) is 51.0 Å². The molecule has 2 aromatic rings. The summed E-state index contributed by atoms with van der Waals surface area (Å²) in [5, 5.41) is 6.39. The third-order valence-electron chi connectivity index (χ3n) is 1.92. The van der Waals surface area contributed by atoms with Crippen LogP contribution < -0.4 is 5.32 Å². The van der Waals surface area contributed by atoms with Gasteiger partial charge in [0, 0.05) is 11.9 Å². The normalized spacial score (nSPS) is 10.8. The molecule has 0 bridgehead atoms. The van der Waals surface area contributed by atoms with Gasteiger partial charge in [-0.25, -0.2) is 9.97 Å². The molecule has 80 valence electrons. The van der Waals surface area contributed by atoms with Crippen LogP contribution in [-0.4, -0.2) is 9.97 Å². The predicted octanol–water partition coefficient (Wildman–Crippen LogP) is 2.04. The summed E-state index contributed by atoms with van der Waals surface area (Å²) >= 11 is 1.66. The molecule has 0 unspecified atom stereocenters. The number of nitrogens with one attached hydrogen (secondary N) is 1. The molecule has 0 saturated carbocycles. The van der Waals surface area contributed by atoms with E-state index in [0.29, 0.717) is 6.54 Å². The van der Waals surface area contributed by atoms with Crippen LogP contribution in [-0.2, 0) is 13.1 Å². The average molecular weight is 223 g/mol. The lowest BCUT2D eigenvalue weighted by atomic mass is 10.4. The van der Waals surface area contributed by atoms with Crippen LogP contribution in [0.15, 0.2) is 16.0 Å². The Hall–Kier alpha value is -1.20. The first-order valence-electron chi connectivity index (χ1n) is 4.77. The van der Waals surface area contributed by atoms with Crippen molar-refractivity contribution in [2.24, 2.45) is 0 Å². The molecule has 0 amide bonds. The van der Waals surface area contributed by atoms with Crippen molar-refractivity contribution in [2.45, 2.75) is 26.9 Å². The first kappa shape index (κ1) is 10.3. The van der Waals surface area contributed by atoms with Gasteiger partial charge in [0.1, 0.15) is 5.76 Å². The molecule has 0 saturated heterocycles. The molecule has 0 fully saturated rings. The summed E-state index contributed by atoms with van der Waals surface area (Å²) in [6, 6.07) is 0. The first-order chi connectivity index (χ1) is 7.24. The number of rotatable bonds is 4. The standard InChI is InChI=1S/C10H13N3OS/c1-7-3-12-10(14-7)5-11-4-9-6-15-8(2)13-9/h3,6,11H,4-5H2,1-2H3. The van der Waals surface area contributed by atoms with Crippen LogP contribution in [0.4, 0.5) is 0 Å². The maximum absolute atomic E-state index is 5.34. The Bertz CT molecular complexity index is 395. The molecule has 0 radical (unpaired) electrons. The monoisotopic (exact) mass is 223 g/mol. The maximum Gasteiger partial charge on any atom is 0.208 e. The van der Waals surface area contributed by atoms with Gasteiger partial charge >= 0.3 is 0 Å². The second kappa shape index (κ2) is 4.55. The number of thiazole rings is 1. The van der Waals surface area contributed by atoms with Crippen molar-refractivity contribution in [1.29, 1.82) is 0 Å². The lowest BCUT2D eigenvalue weighted by Crippen LogP contribution is -2.13. The van der Waals surface area contributed by atoms with Crippen LogP contribution >= 0.6 is 11.3 Å². The molecular formula is C10H13N3OS. The lowest BCUT2D eigenvalue weighted by Gasteiger charge is -1.98. The molecule has 0 spiro atoms. The second-order valence-corrected chi connectivity index (χ2v) is 4.39. The van der Waals surface area contributed by atoms with E-state index in [4.69, 9.17) is 4.42 Å². The Morgan fingerprint density at radius 1 is 1.40 bits per heavy atom. The molecule has 0 atom stereocenters. The third kappa shape index (κ3) is 2.87. The van der Waals surface area contributed by atoms with Gasteiger partial charge in [-0.2, -0.15) is 0 Å². The molecule has 0 aliphatic carbocycles. The zero-order chi connectivity index (χ0) is 10.7. The molecule has 15 heavy (non-hydrogen) atoms. The highest BCUT2D eigenvalue weighted by Gasteiger charge is 2.01. The number of aryl methyl sites for hydroxylation is 2. The van der Waals surface area contributed by atoms with Crippen molar-refractivity contribution < 1.29 is 4.42 Å². The van der Waals surface area contributed by atoms with Gasteiger partial charge in [0.2, 0.25) is 5.89 Å². The predicted molar refractivity (Wildman–Crippen MR) is 58.6 cm³/mol. The first-order valence-corrected chi connectivity index (χ1v) is 5.65. The van der Waals surface area contributed by atoms with E-state index >= 15 is 0 Å². The number of hydrogen-bond acceptors (Lipinski definition) is 5. The van der Waals surface area contributed by atoms with Gasteiger partial charge < -0.3 is 9.73 Å². The van der Waals surface area contributed by atoms with Crippen LogP contribution in [0.3, 0.4) is 0 Å². The Morgan fingerprint density at radius 3 is 2.87 bits per heavy atom. The van der Waals surface area contributed by atoms with Crippen LogP contribution in [0, 0.1) is 13.8 Å². The minimum Gasteiger partial charge on any atom is -0.445 e. The molecule has 2 rings (SSSR count). The Labute approximate surface area is 92.4 Å². The van der Waals surface area contributed by atoms with Crippen LogP contribution in [0.25, 0.3) is 0 Å². The Balaban J connectivity index is 1.80. The van der Waals surface area contributed by atoms with Gasteiger partial charge in [-0.3, -0.25) is 0 Å². The zero-order valence-electron chi connectivity index (χ0n) is 8.78. The smallest absolute Gasteiger partial charge is 0.208 e. The highest BCUT2D eigenvalue weighted by molar-refractivity contribution is 7.09. The maximum atomic E-state index is 5.34. The summed E-state index contributed by atoms with van der Waals surface area (Å²) < 4.78 is 5.34. The van der Waals surface area contributed by atoms with Crippen LogP contribution in [0.2, 0.25) is 0 Å². The summed E-state index contributed by atoms with van der Waals surface area (Å²) in [6.07, 6.45) is 1.73. The highest BCUT2D eigenvalue weighted by atomic mass is 32.1. The molecule has 0 aliphatic rings. The van der Waals surface area contributed by atoms with Gasteiger partial charge in [0.05, 0.1) is 23.4 Å². The molecule has 0 aromatic carbocycles. The van der Waals surface area contributed by atoms with Crippen molar-refractivity contribution in [2.75, 3.05) is 0 Å². The zero-order valence-corrected chi connectivity index (χ0v) is 9.60. The van der Waals surface area contributed by atoms with Gasteiger partial charge in [0.15, 0.2) is 0 Å². The van der Waals surface area contributed by atoms with E-state index in [1.807, 2.05) is 13.8 Å². The summed E-state index contributed by atoms with van der Waals surface area (Å²) in [5.74, 6) is 1.57. The Morgan fingerprint density at radius 2 is 2.27 bits per heavy atom. The Kier molecular flexibility index (Phi) is 3.13. The van der Waals surface area contributed by atoms with Gasteiger partial charge in [-0.15, -0.1) is 11.3 Å². The third-order valence-corrected chi connectivity index (χ3v) is 2.74. The van der Waals surface area contributed by atoms with E-state index in [-0.39, 0.29) is 0 Å². The number of hydrogen-bond donors (Lipinski definition) is 1. The van der Waals surface area contributed by atoms with Crippen molar-refractivity contribution in [3.05, 3.63) is 33.9 Å².